The largest absolute Gasteiger partial charge is 0.507 e. The Morgan fingerprint density at radius 1 is 1.24 bits per heavy atom. The van der Waals surface area contributed by atoms with Crippen molar-refractivity contribution in [3.05, 3.63) is 54.7 Å². The van der Waals surface area contributed by atoms with Crippen LogP contribution in [0.5, 0.6) is 5.75 Å². The Hall–Kier alpha value is -3.15. The van der Waals surface area contributed by atoms with Gasteiger partial charge >= 0.3 is 0 Å². The molecule has 6 heteroatoms. The molecule has 2 fully saturated rings. The number of carbonyl (C=O) groups is 1. The first-order valence-electron chi connectivity index (χ1n) is 10.2. The van der Waals surface area contributed by atoms with Crippen molar-refractivity contribution in [2.75, 3.05) is 13.1 Å². The third kappa shape index (κ3) is 2.90. The van der Waals surface area contributed by atoms with Gasteiger partial charge in [0.15, 0.2) is 5.65 Å². The molecule has 29 heavy (non-hydrogen) atoms. The highest BCUT2D eigenvalue weighted by Crippen LogP contribution is 2.53. The van der Waals surface area contributed by atoms with Crippen LogP contribution in [0.4, 0.5) is 0 Å². The number of nitrogens with one attached hydrogen (secondary N) is 1. The number of H-pyrrole nitrogens is 1. The SMILES string of the molecule is C=CC(=O)N1C[C@@H](c2cc3cc(-c4ccccc4O)nnc3[nH]2)C2(CCCC2)C1. The summed E-state index contributed by atoms with van der Waals surface area (Å²) < 4.78 is 0. The average molecular weight is 388 g/mol. The summed E-state index contributed by atoms with van der Waals surface area (Å²) in [6.07, 6.45) is 6.13. The molecule has 1 aromatic carbocycles. The molecule has 0 unspecified atom stereocenters. The minimum absolute atomic E-state index is 0.0107. The zero-order chi connectivity index (χ0) is 20.0. The molecule has 1 saturated carbocycles. The quantitative estimate of drug-likeness (QED) is 0.665. The predicted octanol–water partition coefficient (Wildman–Crippen LogP) is 4.00. The third-order valence-corrected chi connectivity index (χ3v) is 6.69. The summed E-state index contributed by atoms with van der Waals surface area (Å²) >= 11 is 0. The zero-order valence-electron chi connectivity index (χ0n) is 16.3. The Labute approximate surface area is 169 Å². The van der Waals surface area contributed by atoms with Crippen molar-refractivity contribution in [3.63, 3.8) is 0 Å². The van der Waals surface area contributed by atoms with Crippen molar-refractivity contribution in [1.82, 2.24) is 20.1 Å². The van der Waals surface area contributed by atoms with E-state index in [1.807, 2.05) is 23.1 Å². The lowest BCUT2D eigenvalue weighted by atomic mass is 9.75. The van der Waals surface area contributed by atoms with Gasteiger partial charge in [-0.1, -0.05) is 31.6 Å². The van der Waals surface area contributed by atoms with E-state index in [4.69, 9.17) is 0 Å². The van der Waals surface area contributed by atoms with E-state index in [0.717, 1.165) is 36.1 Å². The smallest absolute Gasteiger partial charge is 0.245 e. The Bertz CT molecular complexity index is 1100. The topological polar surface area (TPSA) is 82.1 Å². The van der Waals surface area contributed by atoms with Gasteiger partial charge in [0.2, 0.25) is 5.91 Å². The standard InChI is InChI=1S/C23H24N4O2/c1-2-21(29)27-13-17(23(14-27)9-5-6-10-23)19-12-15-11-18(25-26-22(15)24-19)16-7-3-4-8-20(16)28/h2-4,7-8,11-12,17,28H,1,5-6,9-10,13-14H2,(H,24,26)/t17-/m0/s1. The number of aromatic nitrogens is 3. The Morgan fingerprint density at radius 3 is 2.79 bits per heavy atom. The summed E-state index contributed by atoms with van der Waals surface area (Å²) in [5, 5.41) is 19.8. The van der Waals surface area contributed by atoms with Crippen LogP contribution in [0.25, 0.3) is 22.3 Å². The van der Waals surface area contributed by atoms with Crippen LogP contribution in [0, 0.1) is 5.41 Å². The second kappa shape index (κ2) is 6.72. The van der Waals surface area contributed by atoms with E-state index in [1.54, 1.807) is 12.1 Å². The van der Waals surface area contributed by atoms with Gasteiger partial charge in [0.25, 0.3) is 0 Å². The minimum atomic E-state index is 0.0107. The van der Waals surface area contributed by atoms with Gasteiger partial charge in [-0.3, -0.25) is 4.79 Å². The predicted molar refractivity (Wildman–Crippen MR) is 111 cm³/mol. The van der Waals surface area contributed by atoms with Gasteiger partial charge in [-0.05, 0) is 48.6 Å². The molecule has 1 atom stereocenters. The molecule has 1 spiro atoms. The van der Waals surface area contributed by atoms with Crippen molar-refractivity contribution in [1.29, 1.82) is 0 Å². The van der Waals surface area contributed by atoms with Crippen LogP contribution >= 0.6 is 0 Å². The van der Waals surface area contributed by atoms with Crippen molar-refractivity contribution in [2.24, 2.45) is 5.41 Å². The lowest BCUT2D eigenvalue weighted by Crippen LogP contribution is -2.29. The first-order chi connectivity index (χ1) is 14.1. The van der Waals surface area contributed by atoms with Crippen LogP contribution in [0.15, 0.2) is 49.1 Å². The lowest BCUT2D eigenvalue weighted by molar-refractivity contribution is -0.125. The van der Waals surface area contributed by atoms with Gasteiger partial charge in [0.05, 0.1) is 5.69 Å². The van der Waals surface area contributed by atoms with Crippen LogP contribution in [-0.2, 0) is 4.79 Å². The van der Waals surface area contributed by atoms with E-state index in [0.29, 0.717) is 17.8 Å². The van der Waals surface area contributed by atoms with E-state index < -0.39 is 0 Å². The molecule has 0 radical (unpaired) electrons. The first kappa shape index (κ1) is 17.9. The van der Waals surface area contributed by atoms with Gasteiger partial charge in [0.1, 0.15) is 5.75 Å². The number of benzene rings is 1. The van der Waals surface area contributed by atoms with Gasteiger partial charge < -0.3 is 15.0 Å². The number of rotatable bonds is 3. The fourth-order valence-corrected chi connectivity index (χ4v) is 5.24. The number of likely N-dealkylation sites (tertiary alicyclic amines) is 1. The number of para-hydroxylation sites is 1. The molecule has 1 amide bonds. The fourth-order valence-electron chi connectivity index (χ4n) is 5.24. The molecule has 1 aliphatic carbocycles. The summed E-state index contributed by atoms with van der Waals surface area (Å²) in [6.45, 7) is 5.16. The van der Waals surface area contributed by atoms with E-state index in [1.165, 1.54) is 18.9 Å². The maximum absolute atomic E-state index is 12.3. The number of hydrogen-bond acceptors (Lipinski definition) is 4. The Kier molecular flexibility index (Phi) is 4.15. The van der Waals surface area contributed by atoms with E-state index in [2.05, 4.69) is 27.8 Å². The molecular formula is C23H24N4O2. The van der Waals surface area contributed by atoms with Crippen molar-refractivity contribution >= 4 is 16.9 Å². The number of fused-ring (bicyclic) bond motifs is 1. The molecular weight excluding hydrogens is 364 g/mol. The Balaban J connectivity index is 1.53. The third-order valence-electron chi connectivity index (χ3n) is 6.69. The van der Waals surface area contributed by atoms with Crippen molar-refractivity contribution in [3.8, 4) is 17.0 Å². The van der Waals surface area contributed by atoms with Crippen LogP contribution in [0.2, 0.25) is 0 Å². The molecule has 2 aromatic heterocycles. The van der Waals surface area contributed by atoms with Gasteiger partial charge in [-0.15, -0.1) is 10.2 Å². The van der Waals surface area contributed by atoms with Gasteiger partial charge in [0, 0.05) is 35.7 Å². The van der Waals surface area contributed by atoms with E-state index >= 15 is 0 Å². The zero-order valence-corrected chi connectivity index (χ0v) is 16.3. The molecule has 3 heterocycles. The van der Waals surface area contributed by atoms with Gasteiger partial charge in [-0.2, -0.15) is 0 Å². The summed E-state index contributed by atoms with van der Waals surface area (Å²) in [4.78, 5) is 17.7. The molecule has 6 nitrogen and oxygen atoms in total. The number of amides is 1. The summed E-state index contributed by atoms with van der Waals surface area (Å²) in [6, 6.07) is 11.2. The molecule has 1 aliphatic heterocycles. The number of carbonyl (C=O) groups excluding carboxylic acids is 1. The lowest BCUT2D eigenvalue weighted by Gasteiger charge is -2.29. The normalized spacial score (nSPS) is 20.6. The summed E-state index contributed by atoms with van der Waals surface area (Å²) in [5.41, 5.74) is 3.30. The molecule has 5 rings (SSSR count). The van der Waals surface area contributed by atoms with Gasteiger partial charge in [-0.25, -0.2) is 0 Å². The summed E-state index contributed by atoms with van der Waals surface area (Å²) in [5.74, 6) is 0.462. The number of aromatic amines is 1. The molecule has 2 N–H and O–H groups in total. The van der Waals surface area contributed by atoms with Crippen LogP contribution in [0.3, 0.4) is 0 Å². The van der Waals surface area contributed by atoms with Crippen molar-refractivity contribution < 1.29 is 9.90 Å². The van der Waals surface area contributed by atoms with Crippen molar-refractivity contribution in [2.45, 2.75) is 31.6 Å². The van der Waals surface area contributed by atoms with E-state index in [9.17, 15) is 9.90 Å². The molecule has 0 bridgehead atoms. The minimum Gasteiger partial charge on any atom is -0.507 e. The average Bonchev–Trinajstić information content (AvgIpc) is 3.46. The molecule has 148 valence electrons. The number of hydrogen-bond donors (Lipinski definition) is 2. The highest BCUT2D eigenvalue weighted by atomic mass is 16.3. The maximum Gasteiger partial charge on any atom is 0.245 e. The number of aromatic hydroxyl groups is 1. The van der Waals surface area contributed by atoms with E-state index in [-0.39, 0.29) is 23.0 Å². The second-order valence-electron chi connectivity index (χ2n) is 8.32. The second-order valence-corrected chi connectivity index (χ2v) is 8.32. The Morgan fingerprint density at radius 2 is 2.03 bits per heavy atom. The first-order valence-corrected chi connectivity index (χ1v) is 10.2. The number of phenols is 1. The fraction of sp³-hybridized carbons (Fsp3) is 0.348. The van der Waals surface area contributed by atoms with Crippen LogP contribution in [0.1, 0.15) is 37.3 Å². The number of nitrogens with zero attached hydrogens (tertiary/aromatic N) is 3. The highest BCUT2D eigenvalue weighted by molar-refractivity contribution is 5.87. The monoisotopic (exact) mass is 388 g/mol. The summed E-state index contributed by atoms with van der Waals surface area (Å²) in [7, 11) is 0. The maximum atomic E-state index is 12.3. The molecule has 1 saturated heterocycles. The molecule has 3 aromatic rings. The number of phenolic OH excluding ortho intramolecular Hbond substituents is 1. The van der Waals surface area contributed by atoms with Crippen LogP contribution in [-0.4, -0.2) is 44.2 Å². The van der Waals surface area contributed by atoms with Crippen LogP contribution < -0.4 is 0 Å². The molecule has 2 aliphatic rings. The highest BCUT2D eigenvalue weighted by Gasteiger charge is 2.50.